The van der Waals surface area contributed by atoms with Crippen LogP contribution >= 0.6 is 0 Å². The molecular weight excluding hydrogens is 272 g/mol. The number of ether oxygens (including phenoxy) is 2. The van der Waals surface area contributed by atoms with Gasteiger partial charge in [0.1, 0.15) is 0 Å². The molecule has 2 N–H and O–H groups in total. The van der Waals surface area contributed by atoms with Crippen molar-refractivity contribution in [3.8, 4) is 0 Å². The highest BCUT2D eigenvalue weighted by molar-refractivity contribution is 5.57. The van der Waals surface area contributed by atoms with Crippen molar-refractivity contribution in [1.29, 1.82) is 0 Å². The van der Waals surface area contributed by atoms with Gasteiger partial charge in [0.05, 0.1) is 0 Å². The third-order valence-corrected chi connectivity index (χ3v) is 1.91. The second kappa shape index (κ2) is 6.27. The quantitative estimate of drug-likeness (QED) is 0.332. The number of hydrogen-bond acceptors (Lipinski definition) is 6. The third kappa shape index (κ3) is 8.54. The van der Waals surface area contributed by atoms with Gasteiger partial charge in [0.25, 0.3) is 0 Å². The fourth-order valence-electron chi connectivity index (χ4n) is 1.65. The molecular formula is C12H22O8. The molecule has 1 atom stereocenters. The molecule has 0 saturated carbocycles. The van der Waals surface area contributed by atoms with Gasteiger partial charge in [-0.3, -0.25) is 0 Å². The minimum atomic E-state index is -1.60. The smallest absolute Gasteiger partial charge is 0.450 e. The first kappa shape index (κ1) is 18.5. The predicted octanol–water partition coefficient (Wildman–Crippen LogP) is 3.21. The lowest BCUT2D eigenvalue weighted by atomic mass is 9.88. The monoisotopic (exact) mass is 294 g/mol. The molecule has 20 heavy (non-hydrogen) atoms. The van der Waals surface area contributed by atoms with Crippen molar-refractivity contribution in [2.75, 3.05) is 0 Å². The Balaban J connectivity index is 4.82. The maximum atomic E-state index is 10.7. The van der Waals surface area contributed by atoms with Gasteiger partial charge in [-0.2, -0.15) is 9.78 Å². The van der Waals surface area contributed by atoms with E-state index in [0.717, 1.165) is 0 Å². The molecule has 0 aliphatic carbocycles. The molecule has 0 rings (SSSR count). The van der Waals surface area contributed by atoms with Crippen LogP contribution in [0.1, 0.15) is 48.0 Å². The molecule has 0 heterocycles. The van der Waals surface area contributed by atoms with Crippen LogP contribution in [0.15, 0.2) is 0 Å². The second-order valence-corrected chi connectivity index (χ2v) is 6.17. The van der Waals surface area contributed by atoms with E-state index in [2.05, 4.69) is 9.47 Å². The minimum absolute atomic E-state index is 0.190. The lowest BCUT2D eigenvalue weighted by molar-refractivity contribution is -0.483. The maximum absolute atomic E-state index is 10.7. The molecule has 118 valence electrons. The Kier molecular flexibility index (Phi) is 5.79. The van der Waals surface area contributed by atoms with Crippen molar-refractivity contribution in [3.05, 3.63) is 0 Å². The van der Waals surface area contributed by atoms with Gasteiger partial charge >= 0.3 is 12.3 Å². The van der Waals surface area contributed by atoms with Gasteiger partial charge in [-0.05, 0) is 5.41 Å². The van der Waals surface area contributed by atoms with Crippen molar-refractivity contribution in [2.24, 2.45) is 5.41 Å². The molecule has 0 aromatic heterocycles. The van der Waals surface area contributed by atoms with E-state index >= 15 is 0 Å². The van der Waals surface area contributed by atoms with Crippen molar-refractivity contribution >= 4 is 12.3 Å². The highest BCUT2D eigenvalue weighted by atomic mass is 17.3. The average molecular weight is 294 g/mol. The van der Waals surface area contributed by atoms with Crippen LogP contribution in [0.25, 0.3) is 0 Å². The van der Waals surface area contributed by atoms with Gasteiger partial charge in [0, 0.05) is 27.2 Å². The summed E-state index contributed by atoms with van der Waals surface area (Å²) < 4.78 is 9.12. The van der Waals surface area contributed by atoms with Crippen LogP contribution in [0.2, 0.25) is 0 Å². The van der Waals surface area contributed by atoms with Crippen LogP contribution < -0.4 is 0 Å². The summed E-state index contributed by atoms with van der Waals surface area (Å²) in [5, 5.41) is 17.3. The fourth-order valence-corrected chi connectivity index (χ4v) is 1.65. The summed E-state index contributed by atoms with van der Waals surface area (Å²) in [6.45, 7) is 9.57. The molecule has 0 saturated heterocycles. The lowest BCUT2D eigenvalue weighted by Crippen LogP contribution is -2.42. The molecule has 1 unspecified atom stereocenters. The maximum Gasteiger partial charge on any atom is 0.508 e. The highest BCUT2D eigenvalue weighted by Gasteiger charge is 2.39. The van der Waals surface area contributed by atoms with E-state index < -0.39 is 23.9 Å². The Morgan fingerprint density at radius 1 is 0.850 bits per heavy atom. The van der Waals surface area contributed by atoms with Crippen molar-refractivity contribution in [1.82, 2.24) is 0 Å². The predicted molar refractivity (Wildman–Crippen MR) is 66.9 cm³/mol. The van der Waals surface area contributed by atoms with Crippen molar-refractivity contribution in [3.63, 3.8) is 0 Å². The van der Waals surface area contributed by atoms with Crippen LogP contribution in [-0.2, 0) is 19.2 Å². The van der Waals surface area contributed by atoms with E-state index in [4.69, 9.17) is 20.0 Å². The summed E-state index contributed by atoms with van der Waals surface area (Å²) in [6.07, 6.45) is -2.89. The molecule has 8 nitrogen and oxygen atoms in total. The van der Waals surface area contributed by atoms with E-state index in [9.17, 15) is 9.59 Å². The molecule has 0 radical (unpaired) electrons. The van der Waals surface area contributed by atoms with E-state index in [1.165, 1.54) is 20.8 Å². The van der Waals surface area contributed by atoms with Crippen molar-refractivity contribution in [2.45, 2.75) is 59.5 Å². The van der Waals surface area contributed by atoms with Crippen molar-refractivity contribution < 1.29 is 39.1 Å². The van der Waals surface area contributed by atoms with Crippen LogP contribution in [0, 0.1) is 5.41 Å². The molecule has 0 aliphatic heterocycles. The van der Waals surface area contributed by atoms with E-state index in [1.807, 2.05) is 20.8 Å². The van der Waals surface area contributed by atoms with Gasteiger partial charge in [0.15, 0.2) is 0 Å². The van der Waals surface area contributed by atoms with Crippen LogP contribution in [-0.4, -0.2) is 34.1 Å². The van der Waals surface area contributed by atoms with Gasteiger partial charge < -0.3 is 19.7 Å². The van der Waals surface area contributed by atoms with Crippen LogP contribution in [0.5, 0.6) is 0 Å². The molecule has 0 amide bonds. The highest BCUT2D eigenvalue weighted by Crippen LogP contribution is 2.32. The first-order valence-electron chi connectivity index (χ1n) is 5.95. The number of hydrogen-bond donors (Lipinski definition) is 2. The Morgan fingerprint density at radius 3 is 1.65 bits per heavy atom. The summed E-state index contributed by atoms with van der Waals surface area (Å²) in [7, 11) is 0. The first-order chi connectivity index (χ1) is 8.75. The number of carbonyl (C=O) groups is 2. The van der Waals surface area contributed by atoms with Gasteiger partial charge in [-0.15, -0.1) is 0 Å². The Labute approximate surface area is 117 Å². The molecule has 8 heteroatoms. The van der Waals surface area contributed by atoms with Crippen LogP contribution in [0.3, 0.4) is 0 Å². The minimum Gasteiger partial charge on any atom is -0.450 e. The summed E-state index contributed by atoms with van der Waals surface area (Å²) in [4.78, 5) is 31.0. The first-order valence-corrected chi connectivity index (χ1v) is 5.95. The van der Waals surface area contributed by atoms with Crippen LogP contribution in [0.4, 0.5) is 9.59 Å². The number of carboxylic acid groups (broad SMARTS) is 2. The normalized spacial score (nSPS) is 15.3. The third-order valence-electron chi connectivity index (χ3n) is 1.91. The summed E-state index contributed by atoms with van der Waals surface area (Å²) in [6, 6.07) is 0. The zero-order chi connectivity index (χ0) is 16.2. The second-order valence-electron chi connectivity index (χ2n) is 6.17. The molecule has 0 aromatic carbocycles. The SMILES string of the molecule is CC(C)(C)CC(C)(OOC(C)(C)OC(=O)O)OC(=O)O. The Hall–Kier alpha value is -1.54. The summed E-state index contributed by atoms with van der Waals surface area (Å²) >= 11 is 0. The summed E-state index contributed by atoms with van der Waals surface area (Å²) in [5.74, 6) is -3.20. The van der Waals surface area contributed by atoms with Gasteiger partial charge in [-0.25, -0.2) is 9.59 Å². The molecule has 0 spiro atoms. The molecule has 0 aromatic rings. The van der Waals surface area contributed by atoms with Gasteiger partial charge in [-0.1, -0.05) is 20.8 Å². The largest absolute Gasteiger partial charge is 0.508 e. The molecule has 0 fully saturated rings. The lowest BCUT2D eigenvalue weighted by Gasteiger charge is -2.34. The van der Waals surface area contributed by atoms with Gasteiger partial charge in [0.2, 0.25) is 11.6 Å². The molecule has 0 aliphatic rings. The van der Waals surface area contributed by atoms with E-state index in [0.29, 0.717) is 0 Å². The topological polar surface area (TPSA) is 112 Å². The van der Waals surface area contributed by atoms with E-state index in [-0.39, 0.29) is 11.8 Å². The summed E-state index contributed by atoms with van der Waals surface area (Å²) in [5.41, 5.74) is -0.314. The average Bonchev–Trinajstić information content (AvgIpc) is 2.08. The zero-order valence-electron chi connectivity index (χ0n) is 12.6. The standard InChI is InChI=1S/C12H22O8/c1-10(2,3)7-12(6,18-9(15)16)20-19-11(4,5)17-8(13)14/h7H2,1-6H3,(H,13,14)(H,15,16). The molecule has 0 bridgehead atoms. The Morgan fingerprint density at radius 2 is 1.30 bits per heavy atom. The fraction of sp³-hybridized carbons (Fsp3) is 0.833. The van der Waals surface area contributed by atoms with E-state index in [1.54, 1.807) is 0 Å². The zero-order valence-corrected chi connectivity index (χ0v) is 12.6. The number of rotatable bonds is 6. The Bertz CT molecular complexity index is 357.